The van der Waals surface area contributed by atoms with E-state index in [9.17, 15) is 23.5 Å². The average molecular weight is 857 g/mol. The van der Waals surface area contributed by atoms with Crippen LogP contribution in [0.5, 0.6) is 5.75 Å². The van der Waals surface area contributed by atoms with Crippen LogP contribution in [-0.4, -0.2) is 81.6 Å². The highest BCUT2D eigenvalue weighted by atomic mass is 19.1. The van der Waals surface area contributed by atoms with Gasteiger partial charge < -0.3 is 25.4 Å². The Labute approximate surface area is 369 Å². The van der Waals surface area contributed by atoms with Gasteiger partial charge in [-0.15, -0.1) is 0 Å². The monoisotopic (exact) mass is 856 g/mol. The Morgan fingerprint density at radius 1 is 0.841 bits per heavy atom. The first kappa shape index (κ1) is 45.1. The second-order valence-electron chi connectivity index (χ2n) is 17.1. The van der Waals surface area contributed by atoms with Crippen LogP contribution >= 0.6 is 0 Å². The second kappa shape index (κ2) is 20.5. The quantitative estimate of drug-likeness (QED) is 0.0830. The Bertz CT molecular complexity index is 2230. The fourth-order valence-corrected chi connectivity index (χ4v) is 9.69. The van der Waals surface area contributed by atoms with Gasteiger partial charge in [0.25, 0.3) is 0 Å². The molecule has 2 aliphatic heterocycles. The predicted molar refractivity (Wildman–Crippen MR) is 240 cm³/mol. The average Bonchev–Trinajstić information content (AvgIpc) is 3.84. The normalized spacial score (nSPS) is 20.9. The van der Waals surface area contributed by atoms with Gasteiger partial charge in [-0.3, -0.25) is 19.3 Å². The van der Waals surface area contributed by atoms with Gasteiger partial charge in [0.2, 0.25) is 17.7 Å². The van der Waals surface area contributed by atoms with Gasteiger partial charge in [-0.1, -0.05) is 129 Å². The Balaban J connectivity index is 1.27. The lowest BCUT2D eigenvalue weighted by atomic mass is 9.81. The summed E-state index contributed by atoms with van der Waals surface area (Å²) in [6.07, 6.45) is 0.263. The Hall–Kier alpha value is -5.91. The number of hydrogen-bond donors (Lipinski definition) is 3. The molecular formula is C52H58F2N4O5. The highest BCUT2D eigenvalue weighted by Gasteiger charge is 2.53. The summed E-state index contributed by atoms with van der Waals surface area (Å²) < 4.78 is 36.3. The number of aliphatic hydroxyl groups excluding tert-OH is 1. The van der Waals surface area contributed by atoms with Gasteiger partial charge in [-0.25, -0.2) is 8.78 Å². The van der Waals surface area contributed by atoms with Crippen molar-refractivity contribution in [1.82, 2.24) is 20.4 Å². The topological polar surface area (TPSA) is 111 Å². The van der Waals surface area contributed by atoms with Crippen LogP contribution < -0.4 is 15.4 Å². The molecule has 0 unspecified atom stereocenters. The van der Waals surface area contributed by atoms with Crippen LogP contribution in [0.15, 0.2) is 140 Å². The van der Waals surface area contributed by atoms with Crippen molar-refractivity contribution >= 4 is 17.7 Å². The molecule has 0 saturated carbocycles. The minimum absolute atomic E-state index is 0.112. The molecule has 3 amide bonds. The molecule has 11 heteroatoms. The van der Waals surface area contributed by atoms with Crippen molar-refractivity contribution in [3.63, 3.8) is 0 Å². The Kier molecular flexibility index (Phi) is 14.7. The molecule has 2 saturated heterocycles. The van der Waals surface area contributed by atoms with Crippen molar-refractivity contribution in [2.45, 2.75) is 101 Å². The van der Waals surface area contributed by atoms with Crippen LogP contribution in [0.4, 0.5) is 8.78 Å². The Morgan fingerprint density at radius 2 is 1.41 bits per heavy atom. The summed E-state index contributed by atoms with van der Waals surface area (Å²) in [6, 6.07) is 39.4. The summed E-state index contributed by atoms with van der Waals surface area (Å²) in [7, 11) is 0. The number of para-hydroxylation sites is 1. The number of aryl methyl sites for hydroxylation is 1. The van der Waals surface area contributed by atoms with E-state index in [1.807, 2.05) is 135 Å². The van der Waals surface area contributed by atoms with Gasteiger partial charge in [0.05, 0.1) is 18.2 Å². The van der Waals surface area contributed by atoms with E-state index < -0.39 is 47.3 Å². The molecular weight excluding hydrogens is 799 g/mol. The largest absolute Gasteiger partial charge is 0.489 e. The molecule has 5 aromatic rings. The predicted octanol–water partition coefficient (Wildman–Crippen LogP) is 7.82. The molecule has 0 aliphatic carbocycles. The number of rotatable bonds is 18. The molecule has 0 bridgehead atoms. The third kappa shape index (κ3) is 10.7. The van der Waals surface area contributed by atoms with Crippen molar-refractivity contribution in [3.05, 3.63) is 173 Å². The van der Waals surface area contributed by atoms with Crippen LogP contribution in [0.25, 0.3) is 0 Å². The lowest BCUT2D eigenvalue weighted by molar-refractivity contribution is -0.144. The molecule has 7 rings (SSSR count). The van der Waals surface area contributed by atoms with E-state index in [4.69, 9.17) is 4.74 Å². The van der Waals surface area contributed by atoms with E-state index in [-0.39, 0.29) is 54.8 Å². The smallest absolute Gasteiger partial charge is 0.249 e. The molecule has 0 spiro atoms. The minimum atomic E-state index is -1.29. The van der Waals surface area contributed by atoms with E-state index in [1.54, 1.807) is 4.90 Å². The first-order chi connectivity index (χ1) is 30.4. The number of ether oxygens (including phenoxy) is 1. The third-order valence-electron chi connectivity index (χ3n) is 12.9. The number of benzene rings is 5. The summed E-state index contributed by atoms with van der Waals surface area (Å²) in [5.74, 6) is -2.26. The maximum absolute atomic E-state index is 15.1. The number of carbonyl (C=O) groups excluding carboxylic acids is 3. The zero-order chi connectivity index (χ0) is 44.5. The molecule has 7 atom stereocenters. The van der Waals surface area contributed by atoms with Gasteiger partial charge in [-0.05, 0) is 78.1 Å². The van der Waals surface area contributed by atoms with Gasteiger partial charge in [-0.2, -0.15) is 0 Å². The van der Waals surface area contributed by atoms with Crippen molar-refractivity contribution < 1.29 is 33.0 Å². The van der Waals surface area contributed by atoms with E-state index >= 15 is 4.79 Å². The fourth-order valence-electron chi connectivity index (χ4n) is 9.69. The molecule has 9 nitrogen and oxygen atoms in total. The van der Waals surface area contributed by atoms with E-state index in [1.165, 1.54) is 19.1 Å². The summed E-state index contributed by atoms with van der Waals surface area (Å²) in [4.78, 5) is 46.1. The lowest BCUT2D eigenvalue weighted by Crippen LogP contribution is -2.61. The number of carbonyl (C=O) groups is 3. The van der Waals surface area contributed by atoms with Crippen LogP contribution in [0.3, 0.4) is 0 Å². The van der Waals surface area contributed by atoms with Crippen LogP contribution in [0, 0.1) is 17.6 Å². The first-order valence-corrected chi connectivity index (χ1v) is 22.1. The van der Waals surface area contributed by atoms with E-state index in [0.29, 0.717) is 38.0 Å². The van der Waals surface area contributed by atoms with Crippen LogP contribution in [-0.2, 0) is 27.2 Å². The molecule has 2 aliphatic rings. The molecule has 0 aromatic heterocycles. The number of hydrogen-bond acceptors (Lipinski definition) is 6. The van der Waals surface area contributed by atoms with Gasteiger partial charge >= 0.3 is 0 Å². The van der Waals surface area contributed by atoms with Crippen molar-refractivity contribution in [2.24, 2.45) is 5.92 Å². The van der Waals surface area contributed by atoms with Crippen molar-refractivity contribution in [3.8, 4) is 5.75 Å². The number of nitrogens with one attached hydrogen (secondary N) is 2. The maximum Gasteiger partial charge on any atom is 0.249 e. The number of aliphatic hydroxyl groups is 1. The summed E-state index contributed by atoms with van der Waals surface area (Å²) >= 11 is 0. The highest BCUT2D eigenvalue weighted by molar-refractivity contribution is 5.96. The minimum Gasteiger partial charge on any atom is -0.489 e. The molecule has 3 N–H and O–H groups in total. The van der Waals surface area contributed by atoms with Crippen LogP contribution in [0.1, 0.15) is 74.8 Å². The lowest BCUT2D eigenvalue weighted by Gasteiger charge is -2.39. The fraction of sp³-hybridized carbons (Fsp3) is 0.365. The molecule has 0 radical (unpaired) electrons. The number of halogens is 2. The third-order valence-corrected chi connectivity index (χ3v) is 12.9. The van der Waals surface area contributed by atoms with Crippen molar-refractivity contribution in [1.29, 1.82) is 0 Å². The van der Waals surface area contributed by atoms with Crippen LogP contribution in [0.2, 0.25) is 0 Å². The zero-order valence-corrected chi connectivity index (χ0v) is 36.2. The Morgan fingerprint density at radius 3 is 1.98 bits per heavy atom. The standard InChI is InChI=1S/C52H58F2N4O5/c1-4-35(2)52(56-36(3)59)27-28-57(51(52)62)46(26-25-37-17-9-5-10-18-37)50(61)55-45(31-38-29-41(53)32-42(54)30-38)49(60)47-33-44(63-43-23-15-8-16-24-43)34-58(47)48(39-19-11-6-12-20-39)40-21-13-7-14-22-40/h5-24,29-30,32,35,44-49,60H,4,25-28,31,33-34H2,1-3H3,(H,55,61)(H,56,59)/t35-,44+,45+,46+,47-,49+,52+/m1/s1. The molecule has 2 fully saturated rings. The first-order valence-electron chi connectivity index (χ1n) is 22.1. The van der Waals surface area contributed by atoms with Crippen molar-refractivity contribution in [2.75, 3.05) is 13.1 Å². The number of likely N-dealkylation sites (tertiary alicyclic amines) is 2. The van der Waals surface area contributed by atoms with E-state index in [2.05, 4.69) is 15.5 Å². The molecule has 2 heterocycles. The molecule has 63 heavy (non-hydrogen) atoms. The number of amides is 3. The van der Waals surface area contributed by atoms with Gasteiger partial charge in [0.1, 0.15) is 35.1 Å². The summed E-state index contributed by atoms with van der Waals surface area (Å²) in [5, 5.41) is 19.0. The zero-order valence-electron chi connectivity index (χ0n) is 36.2. The van der Waals surface area contributed by atoms with Gasteiger partial charge in [0, 0.05) is 38.5 Å². The molecule has 330 valence electrons. The SMILES string of the molecule is CC[C@@H](C)[C@@]1(NC(C)=O)CCN([C@@H](CCc2ccccc2)C(=O)N[C@@H](Cc2cc(F)cc(F)c2)[C@H](O)[C@H]2C[C@H](Oc3ccccc3)CN2C(c2ccccc2)c2ccccc2)C1=O. The maximum atomic E-state index is 15.1. The summed E-state index contributed by atoms with van der Waals surface area (Å²) in [5.41, 5.74) is 2.02. The summed E-state index contributed by atoms with van der Waals surface area (Å²) in [6.45, 7) is 5.93. The van der Waals surface area contributed by atoms with Gasteiger partial charge in [0.15, 0.2) is 0 Å². The second-order valence-corrected chi connectivity index (χ2v) is 17.1. The number of nitrogens with zero attached hydrogens (tertiary/aromatic N) is 2. The molecule has 5 aromatic carbocycles. The highest BCUT2D eigenvalue weighted by Crippen LogP contribution is 2.39. The van der Waals surface area contributed by atoms with E-state index in [0.717, 1.165) is 22.8 Å².